The summed E-state index contributed by atoms with van der Waals surface area (Å²) in [5.41, 5.74) is 1.29. The summed E-state index contributed by atoms with van der Waals surface area (Å²) in [7, 11) is 0. The van der Waals surface area contributed by atoms with Gasteiger partial charge in [0, 0.05) is 29.5 Å². The lowest BCUT2D eigenvalue weighted by Crippen LogP contribution is -2.42. The van der Waals surface area contributed by atoms with Gasteiger partial charge >= 0.3 is 12.0 Å². The van der Waals surface area contributed by atoms with Gasteiger partial charge in [-0.2, -0.15) is 0 Å². The third-order valence-electron chi connectivity index (χ3n) is 4.69. The number of likely N-dealkylation sites (tertiary alicyclic amines) is 1. The van der Waals surface area contributed by atoms with Crippen molar-refractivity contribution in [3.63, 3.8) is 0 Å². The monoisotopic (exact) mass is 366 g/mol. The second-order valence-electron chi connectivity index (χ2n) is 6.22. The molecule has 2 fully saturated rings. The van der Waals surface area contributed by atoms with Crippen LogP contribution in [0.25, 0.3) is 0 Å². The molecule has 1 saturated carbocycles. The SMILES string of the molecule is O=C(O)C1CCN(C(=O)NCC2(c3cccc(Br)c3)CC2)C1. The van der Waals surface area contributed by atoms with Gasteiger partial charge in [0.05, 0.1) is 5.92 Å². The van der Waals surface area contributed by atoms with Crippen LogP contribution in [0.1, 0.15) is 24.8 Å². The topological polar surface area (TPSA) is 69.6 Å². The second-order valence-corrected chi connectivity index (χ2v) is 7.13. The van der Waals surface area contributed by atoms with Gasteiger partial charge in [-0.05, 0) is 37.0 Å². The Balaban J connectivity index is 1.56. The highest BCUT2D eigenvalue weighted by atomic mass is 79.9. The number of halogens is 1. The van der Waals surface area contributed by atoms with Crippen LogP contribution >= 0.6 is 15.9 Å². The van der Waals surface area contributed by atoms with E-state index in [1.54, 1.807) is 4.90 Å². The van der Waals surface area contributed by atoms with Crippen molar-refractivity contribution in [1.29, 1.82) is 0 Å². The average Bonchev–Trinajstić information content (AvgIpc) is 3.11. The normalized spacial score (nSPS) is 22.4. The van der Waals surface area contributed by atoms with E-state index in [-0.39, 0.29) is 11.4 Å². The molecular formula is C16H19BrN2O3. The molecule has 0 bridgehead atoms. The Labute approximate surface area is 137 Å². The van der Waals surface area contributed by atoms with E-state index in [9.17, 15) is 9.59 Å². The number of hydrogen-bond acceptors (Lipinski definition) is 2. The summed E-state index contributed by atoms with van der Waals surface area (Å²) >= 11 is 3.49. The zero-order chi connectivity index (χ0) is 15.7. The van der Waals surface area contributed by atoms with Crippen molar-refractivity contribution in [2.75, 3.05) is 19.6 Å². The predicted octanol–water partition coefficient (Wildman–Crippen LogP) is 2.60. The van der Waals surface area contributed by atoms with Crippen molar-refractivity contribution in [2.45, 2.75) is 24.7 Å². The number of aliphatic carboxylic acids is 1. The van der Waals surface area contributed by atoms with Crippen LogP contribution in [0.5, 0.6) is 0 Å². The molecule has 1 saturated heterocycles. The summed E-state index contributed by atoms with van der Waals surface area (Å²) in [6.07, 6.45) is 2.68. The van der Waals surface area contributed by atoms with Crippen molar-refractivity contribution in [1.82, 2.24) is 10.2 Å². The van der Waals surface area contributed by atoms with Crippen molar-refractivity contribution < 1.29 is 14.7 Å². The molecule has 5 nitrogen and oxygen atoms in total. The molecule has 1 aromatic carbocycles. The van der Waals surface area contributed by atoms with Gasteiger partial charge in [-0.1, -0.05) is 28.1 Å². The fourth-order valence-electron chi connectivity index (χ4n) is 3.04. The molecule has 1 aromatic rings. The number of carboxylic acid groups (broad SMARTS) is 1. The summed E-state index contributed by atoms with van der Waals surface area (Å²) in [4.78, 5) is 24.8. The summed E-state index contributed by atoms with van der Waals surface area (Å²) in [5.74, 6) is -1.24. The van der Waals surface area contributed by atoms with E-state index in [4.69, 9.17) is 5.11 Å². The van der Waals surface area contributed by atoms with Crippen LogP contribution in [0.15, 0.2) is 28.7 Å². The van der Waals surface area contributed by atoms with E-state index >= 15 is 0 Å². The number of benzene rings is 1. The molecule has 0 spiro atoms. The van der Waals surface area contributed by atoms with Crippen molar-refractivity contribution in [3.8, 4) is 0 Å². The fourth-order valence-corrected chi connectivity index (χ4v) is 3.44. The standard InChI is InChI=1S/C16H19BrN2O3/c17-13-3-1-2-12(8-13)16(5-6-16)10-18-15(22)19-7-4-11(9-19)14(20)21/h1-3,8,11H,4-7,9-10H2,(H,18,22)(H,20,21). The molecule has 6 heteroatoms. The molecule has 0 aromatic heterocycles. The van der Waals surface area contributed by atoms with Crippen LogP contribution in [0, 0.1) is 5.92 Å². The minimum absolute atomic E-state index is 0.0470. The Kier molecular flexibility index (Phi) is 4.12. The molecular weight excluding hydrogens is 348 g/mol. The lowest BCUT2D eigenvalue weighted by atomic mass is 9.96. The van der Waals surface area contributed by atoms with Crippen LogP contribution in [0.3, 0.4) is 0 Å². The van der Waals surface area contributed by atoms with Crippen LogP contribution in [-0.2, 0) is 10.2 Å². The van der Waals surface area contributed by atoms with Gasteiger partial charge in [-0.3, -0.25) is 4.79 Å². The first kappa shape index (κ1) is 15.3. The highest BCUT2D eigenvalue weighted by molar-refractivity contribution is 9.10. The number of rotatable bonds is 4. The average molecular weight is 367 g/mol. The minimum Gasteiger partial charge on any atom is -0.481 e. The van der Waals surface area contributed by atoms with Gasteiger partial charge in [0.2, 0.25) is 0 Å². The summed E-state index contributed by atoms with van der Waals surface area (Å²) < 4.78 is 1.05. The molecule has 1 aliphatic carbocycles. The van der Waals surface area contributed by atoms with Crippen LogP contribution in [0.2, 0.25) is 0 Å². The Morgan fingerprint density at radius 3 is 2.77 bits per heavy atom. The van der Waals surface area contributed by atoms with E-state index in [1.807, 2.05) is 12.1 Å². The fraction of sp³-hybridized carbons (Fsp3) is 0.500. The number of carboxylic acids is 1. The van der Waals surface area contributed by atoms with Crippen molar-refractivity contribution in [3.05, 3.63) is 34.3 Å². The molecule has 1 heterocycles. The number of nitrogens with zero attached hydrogens (tertiary/aromatic N) is 1. The number of nitrogens with one attached hydrogen (secondary N) is 1. The van der Waals surface area contributed by atoms with Crippen LogP contribution in [-0.4, -0.2) is 41.6 Å². The van der Waals surface area contributed by atoms with Gasteiger partial charge in [0.15, 0.2) is 0 Å². The van der Waals surface area contributed by atoms with Gasteiger partial charge in [0.25, 0.3) is 0 Å². The van der Waals surface area contributed by atoms with Crippen LogP contribution in [0.4, 0.5) is 4.79 Å². The zero-order valence-electron chi connectivity index (χ0n) is 12.2. The zero-order valence-corrected chi connectivity index (χ0v) is 13.8. The molecule has 2 aliphatic rings. The maximum Gasteiger partial charge on any atom is 0.317 e. The summed E-state index contributed by atoms with van der Waals surface area (Å²) in [5, 5.41) is 12.0. The van der Waals surface area contributed by atoms with Gasteiger partial charge in [-0.25, -0.2) is 4.79 Å². The molecule has 1 unspecified atom stereocenters. The van der Waals surface area contributed by atoms with Crippen LogP contribution < -0.4 is 5.32 Å². The van der Waals surface area contributed by atoms with Gasteiger partial charge in [-0.15, -0.1) is 0 Å². The molecule has 3 rings (SSSR count). The lowest BCUT2D eigenvalue weighted by Gasteiger charge is -2.21. The molecule has 2 amide bonds. The minimum atomic E-state index is -0.817. The van der Waals surface area contributed by atoms with Gasteiger partial charge < -0.3 is 15.3 Å². The molecule has 2 N–H and O–H groups in total. The quantitative estimate of drug-likeness (QED) is 0.860. The molecule has 1 atom stereocenters. The summed E-state index contributed by atoms with van der Waals surface area (Å²) in [6.45, 7) is 1.44. The van der Waals surface area contributed by atoms with E-state index in [0.29, 0.717) is 26.1 Å². The lowest BCUT2D eigenvalue weighted by molar-refractivity contribution is -0.141. The van der Waals surface area contributed by atoms with Crippen molar-refractivity contribution in [2.24, 2.45) is 5.92 Å². The number of urea groups is 1. The van der Waals surface area contributed by atoms with E-state index in [0.717, 1.165) is 17.3 Å². The van der Waals surface area contributed by atoms with E-state index in [2.05, 4.69) is 33.4 Å². The highest BCUT2D eigenvalue weighted by Gasteiger charge is 2.44. The Morgan fingerprint density at radius 2 is 2.18 bits per heavy atom. The summed E-state index contributed by atoms with van der Waals surface area (Å²) in [6, 6.07) is 8.06. The Morgan fingerprint density at radius 1 is 1.41 bits per heavy atom. The maximum atomic E-state index is 12.2. The number of hydrogen-bond donors (Lipinski definition) is 2. The molecule has 1 aliphatic heterocycles. The highest BCUT2D eigenvalue weighted by Crippen LogP contribution is 2.48. The largest absolute Gasteiger partial charge is 0.481 e. The Hall–Kier alpha value is -1.56. The molecule has 118 valence electrons. The maximum absolute atomic E-state index is 12.2. The first-order valence-electron chi connectivity index (χ1n) is 7.52. The smallest absolute Gasteiger partial charge is 0.317 e. The molecule has 0 radical (unpaired) electrons. The van der Waals surface area contributed by atoms with E-state index in [1.165, 1.54) is 5.56 Å². The molecule has 22 heavy (non-hydrogen) atoms. The third kappa shape index (κ3) is 3.11. The van der Waals surface area contributed by atoms with Crippen molar-refractivity contribution >= 4 is 27.9 Å². The second kappa shape index (κ2) is 5.91. The predicted molar refractivity (Wildman–Crippen MR) is 85.8 cm³/mol. The number of carbonyl (C=O) groups excluding carboxylic acids is 1. The van der Waals surface area contributed by atoms with E-state index < -0.39 is 11.9 Å². The first-order valence-corrected chi connectivity index (χ1v) is 8.31. The number of carbonyl (C=O) groups is 2. The number of amides is 2. The third-order valence-corrected chi connectivity index (χ3v) is 5.19. The Bertz CT molecular complexity index is 601. The van der Waals surface area contributed by atoms with Gasteiger partial charge in [0.1, 0.15) is 0 Å². The first-order chi connectivity index (χ1) is 10.5.